The molecule has 1 spiro atoms. The van der Waals surface area contributed by atoms with Gasteiger partial charge in [0.25, 0.3) is 5.91 Å². The highest BCUT2D eigenvalue weighted by Crippen LogP contribution is 2.35. The molecule has 0 atom stereocenters. The first-order valence-corrected chi connectivity index (χ1v) is 10.9. The molecule has 1 aliphatic carbocycles. The monoisotopic (exact) mass is 433 g/mol. The Kier molecular flexibility index (Phi) is 6.03. The van der Waals surface area contributed by atoms with Crippen molar-refractivity contribution in [1.29, 1.82) is 0 Å². The summed E-state index contributed by atoms with van der Waals surface area (Å²) in [7, 11) is 0. The van der Waals surface area contributed by atoms with E-state index in [1.54, 1.807) is 6.07 Å². The van der Waals surface area contributed by atoms with Gasteiger partial charge in [-0.25, -0.2) is 4.79 Å². The van der Waals surface area contributed by atoms with E-state index in [4.69, 9.17) is 0 Å². The van der Waals surface area contributed by atoms with Crippen LogP contribution in [0.1, 0.15) is 43.2 Å². The summed E-state index contributed by atoms with van der Waals surface area (Å²) in [5.74, 6) is -0.510. The number of azo groups is 1. The van der Waals surface area contributed by atoms with Gasteiger partial charge in [-0.05, 0) is 56.5 Å². The van der Waals surface area contributed by atoms with Crippen molar-refractivity contribution in [3.8, 4) is 0 Å². The molecule has 8 heteroatoms. The highest BCUT2D eigenvalue weighted by molar-refractivity contribution is 6.07. The summed E-state index contributed by atoms with van der Waals surface area (Å²) in [4.78, 5) is 38.8. The maximum atomic E-state index is 12.7. The molecular weight excluding hydrogens is 406 g/mol. The number of hydrogen-bond acceptors (Lipinski definition) is 5. The zero-order valence-electron chi connectivity index (χ0n) is 18.4. The molecular formula is C24H27N5O3. The van der Waals surface area contributed by atoms with Crippen LogP contribution in [0.2, 0.25) is 0 Å². The first kappa shape index (κ1) is 21.7. The number of carbonyl (C=O) groups is 3. The van der Waals surface area contributed by atoms with Crippen LogP contribution < -0.4 is 10.6 Å². The number of carbonyl (C=O) groups excluding carboxylic acids is 3. The Balaban J connectivity index is 1.40. The molecule has 4 rings (SSSR count). The van der Waals surface area contributed by atoms with Crippen molar-refractivity contribution in [2.24, 2.45) is 10.2 Å². The highest BCUT2D eigenvalue weighted by atomic mass is 16.2. The number of nitrogens with one attached hydrogen (secondary N) is 2. The fraction of sp³-hybridized carbons (Fsp3) is 0.375. The van der Waals surface area contributed by atoms with E-state index in [-0.39, 0.29) is 24.8 Å². The maximum absolute atomic E-state index is 12.7. The molecule has 2 aromatic carbocycles. The molecule has 0 aromatic heterocycles. The lowest BCUT2D eigenvalue weighted by molar-refractivity contribution is -0.131. The van der Waals surface area contributed by atoms with Crippen molar-refractivity contribution in [2.75, 3.05) is 11.9 Å². The molecule has 166 valence electrons. The molecule has 2 N–H and O–H groups in total. The SMILES string of the molecule is Cc1ccc(N=Nc2cc(C)ccc2NC(=O)CCN2C(=O)NC3(CCCC3)C2=O)cc1. The second kappa shape index (κ2) is 8.90. The van der Waals surface area contributed by atoms with Crippen LogP contribution in [0.3, 0.4) is 0 Å². The normalized spacial score (nSPS) is 17.4. The number of imide groups is 1. The topological polar surface area (TPSA) is 103 Å². The number of rotatable bonds is 6. The molecule has 2 aliphatic rings. The fourth-order valence-corrected chi connectivity index (χ4v) is 4.18. The van der Waals surface area contributed by atoms with Gasteiger partial charge in [0.15, 0.2) is 0 Å². The first-order chi connectivity index (χ1) is 15.4. The van der Waals surface area contributed by atoms with Gasteiger partial charge in [0.05, 0.1) is 11.4 Å². The van der Waals surface area contributed by atoms with Gasteiger partial charge in [-0.3, -0.25) is 14.5 Å². The van der Waals surface area contributed by atoms with E-state index in [2.05, 4.69) is 20.9 Å². The number of nitrogens with zero attached hydrogens (tertiary/aromatic N) is 3. The lowest BCUT2D eigenvalue weighted by Crippen LogP contribution is -2.44. The van der Waals surface area contributed by atoms with Crippen molar-refractivity contribution in [3.63, 3.8) is 0 Å². The van der Waals surface area contributed by atoms with Crippen LogP contribution in [-0.2, 0) is 9.59 Å². The second-order valence-electron chi connectivity index (χ2n) is 8.53. The Hall–Kier alpha value is -3.55. The van der Waals surface area contributed by atoms with Crippen LogP contribution in [-0.4, -0.2) is 34.8 Å². The van der Waals surface area contributed by atoms with Crippen LogP contribution in [0.25, 0.3) is 0 Å². The fourth-order valence-electron chi connectivity index (χ4n) is 4.18. The number of anilines is 1. The van der Waals surface area contributed by atoms with Gasteiger partial charge in [-0.1, -0.05) is 36.6 Å². The van der Waals surface area contributed by atoms with Crippen LogP contribution in [0, 0.1) is 13.8 Å². The van der Waals surface area contributed by atoms with Crippen molar-refractivity contribution >= 4 is 34.9 Å². The molecule has 1 heterocycles. The smallest absolute Gasteiger partial charge is 0.324 e. The molecule has 1 saturated carbocycles. The molecule has 2 aromatic rings. The third-order valence-corrected chi connectivity index (χ3v) is 6.00. The van der Waals surface area contributed by atoms with Crippen LogP contribution in [0.4, 0.5) is 21.9 Å². The molecule has 1 saturated heterocycles. The van der Waals surface area contributed by atoms with E-state index < -0.39 is 11.6 Å². The van der Waals surface area contributed by atoms with E-state index in [1.807, 2.05) is 50.2 Å². The highest BCUT2D eigenvalue weighted by Gasteiger charge is 2.52. The summed E-state index contributed by atoms with van der Waals surface area (Å²) in [5.41, 5.74) is 3.15. The Labute approximate surface area is 187 Å². The third kappa shape index (κ3) is 4.54. The van der Waals surface area contributed by atoms with Gasteiger partial charge in [0.2, 0.25) is 5.91 Å². The lowest BCUT2D eigenvalue weighted by atomic mass is 9.98. The van der Waals surface area contributed by atoms with Crippen LogP contribution >= 0.6 is 0 Å². The molecule has 0 radical (unpaired) electrons. The number of aryl methyl sites for hydroxylation is 2. The minimum absolute atomic E-state index is 0.0116. The number of amides is 4. The summed E-state index contributed by atoms with van der Waals surface area (Å²) >= 11 is 0. The minimum atomic E-state index is -0.756. The average molecular weight is 434 g/mol. The number of hydrogen-bond donors (Lipinski definition) is 2. The Morgan fingerprint density at radius 2 is 1.72 bits per heavy atom. The molecule has 0 bridgehead atoms. The predicted octanol–water partition coefficient (Wildman–Crippen LogP) is 4.91. The summed E-state index contributed by atoms with van der Waals surface area (Å²) in [6.45, 7) is 3.99. The Bertz CT molecular complexity index is 1070. The Morgan fingerprint density at radius 1 is 1.03 bits per heavy atom. The van der Waals surface area contributed by atoms with E-state index in [0.29, 0.717) is 29.9 Å². The van der Waals surface area contributed by atoms with E-state index in [0.717, 1.165) is 28.9 Å². The largest absolute Gasteiger partial charge is 0.325 e. The predicted molar refractivity (Wildman–Crippen MR) is 121 cm³/mol. The van der Waals surface area contributed by atoms with Gasteiger partial charge >= 0.3 is 6.03 Å². The van der Waals surface area contributed by atoms with Gasteiger partial charge in [0.1, 0.15) is 11.2 Å². The Morgan fingerprint density at radius 3 is 2.44 bits per heavy atom. The van der Waals surface area contributed by atoms with Crippen molar-refractivity contribution < 1.29 is 14.4 Å². The van der Waals surface area contributed by atoms with Crippen molar-refractivity contribution in [1.82, 2.24) is 10.2 Å². The van der Waals surface area contributed by atoms with Crippen LogP contribution in [0.15, 0.2) is 52.7 Å². The van der Waals surface area contributed by atoms with Gasteiger partial charge in [0, 0.05) is 13.0 Å². The quantitative estimate of drug-likeness (QED) is 0.499. The standard InChI is InChI=1S/C24H27N5O3/c1-16-5-8-18(9-6-16)27-28-20-15-17(2)7-10-19(20)25-21(30)11-14-29-22(31)24(26-23(29)32)12-3-4-13-24/h5-10,15H,3-4,11-14H2,1-2H3,(H,25,30)(H,26,32). The molecule has 4 amide bonds. The molecule has 2 fully saturated rings. The van der Waals surface area contributed by atoms with Crippen LogP contribution in [0.5, 0.6) is 0 Å². The van der Waals surface area contributed by atoms with E-state index in [9.17, 15) is 14.4 Å². The van der Waals surface area contributed by atoms with Gasteiger partial charge in [-0.15, -0.1) is 5.11 Å². The summed E-state index contributed by atoms with van der Waals surface area (Å²) in [6, 6.07) is 12.8. The molecule has 32 heavy (non-hydrogen) atoms. The molecule has 0 unspecified atom stereocenters. The zero-order valence-corrected chi connectivity index (χ0v) is 18.4. The molecule has 8 nitrogen and oxygen atoms in total. The number of urea groups is 1. The van der Waals surface area contributed by atoms with Crippen molar-refractivity contribution in [2.45, 2.75) is 51.5 Å². The zero-order chi connectivity index (χ0) is 22.7. The summed E-state index contributed by atoms with van der Waals surface area (Å²) in [5, 5.41) is 14.2. The minimum Gasteiger partial charge on any atom is -0.324 e. The lowest BCUT2D eigenvalue weighted by Gasteiger charge is -2.19. The summed E-state index contributed by atoms with van der Waals surface area (Å²) in [6.07, 6.45) is 3.19. The van der Waals surface area contributed by atoms with Gasteiger partial charge < -0.3 is 10.6 Å². The average Bonchev–Trinajstić information content (AvgIpc) is 3.33. The van der Waals surface area contributed by atoms with Crippen molar-refractivity contribution in [3.05, 3.63) is 53.6 Å². The maximum Gasteiger partial charge on any atom is 0.325 e. The van der Waals surface area contributed by atoms with E-state index in [1.165, 1.54) is 0 Å². The number of benzene rings is 2. The third-order valence-electron chi connectivity index (χ3n) is 6.00. The van der Waals surface area contributed by atoms with Gasteiger partial charge in [-0.2, -0.15) is 5.11 Å². The first-order valence-electron chi connectivity index (χ1n) is 10.9. The van der Waals surface area contributed by atoms with E-state index >= 15 is 0 Å². The molecule has 1 aliphatic heterocycles. The second-order valence-corrected chi connectivity index (χ2v) is 8.53. The summed E-state index contributed by atoms with van der Waals surface area (Å²) < 4.78 is 0.